The molecule has 0 radical (unpaired) electrons. The van der Waals surface area contributed by atoms with Crippen LogP contribution in [0.25, 0.3) is 32.2 Å². The van der Waals surface area contributed by atoms with Gasteiger partial charge >= 0.3 is 6.09 Å². The summed E-state index contributed by atoms with van der Waals surface area (Å²) in [6.07, 6.45) is 4.54. The van der Waals surface area contributed by atoms with Crippen LogP contribution in [0.1, 0.15) is 56.7 Å². The number of hydrogen-bond donors (Lipinski definition) is 2. The predicted molar refractivity (Wildman–Crippen MR) is 169 cm³/mol. The van der Waals surface area contributed by atoms with E-state index in [1.54, 1.807) is 27.0 Å². The highest BCUT2D eigenvalue weighted by Gasteiger charge is 2.38. The summed E-state index contributed by atoms with van der Waals surface area (Å²) >= 11 is 0.849. The monoisotopic (exact) mass is 649 g/mol. The summed E-state index contributed by atoms with van der Waals surface area (Å²) in [5, 5.41) is 24.3. The third-order valence-electron chi connectivity index (χ3n) is 8.72. The molecular formula is C32H33F2N7O4S. The van der Waals surface area contributed by atoms with Crippen LogP contribution in [0.2, 0.25) is 0 Å². The Kier molecular flexibility index (Phi) is 7.75. The fourth-order valence-electron chi connectivity index (χ4n) is 6.70. The smallest absolute Gasteiger partial charge is 0.412 e. The molecule has 4 aromatic rings. The molecule has 2 N–H and O–H groups in total. The number of likely N-dealkylation sites (tertiary alicyclic amines) is 1. The number of aliphatic hydroxyl groups is 1. The van der Waals surface area contributed by atoms with E-state index in [1.165, 1.54) is 6.42 Å². The van der Waals surface area contributed by atoms with Gasteiger partial charge in [-0.15, -0.1) is 11.3 Å². The van der Waals surface area contributed by atoms with E-state index in [1.807, 2.05) is 11.0 Å². The Bertz CT molecular complexity index is 1920. The second-order valence-corrected chi connectivity index (χ2v) is 13.9. The van der Waals surface area contributed by atoms with Crippen molar-refractivity contribution in [2.75, 3.05) is 36.4 Å². The van der Waals surface area contributed by atoms with E-state index in [0.717, 1.165) is 43.5 Å². The maximum Gasteiger partial charge on any atom is 0.412 e. The fourth-order valence-corrected chi connectivity index (χ4v) is 7.73. The summed E-state index contributed by atoms with van der Waals surface area (Å²) < 4.78 is 43.2. The minimum absolute atomic E-state index is 0.0398. The second-order valence-electron chi connectivity index (χ2n) is 12.9. The maximum atomic E-state index is 16.9. The number of nitriles is 1. The lowest BCUT2D eigenvalue weighted by Gasteiger charge is -2.33. The quantitative estimate of drug-likeness (QED) is 0.293. The van der Waals surface area contributed by atoms with Crippen molar-refractivity contribution in [3.8, 4) is 17.3 Å². The third kappa shape index (κ3) is 5.30. The molecule has 1 amide bonds. The Morgan fingerprint density at radius 3 is 2.65 bits per heavy atom. The predicted octanol–water partition coefficient (Wildman–Crippen LogP) is 5.47. The maximum absolute atomic E-state index is 16.9. The first-order valence-corrected chi connectivity index (χ1v) is 16.1. The zero-order valence-electron chi connectivity index (χ0n) is 25.7. The first-order chi connectivity index (χ1) is 22.0. The van der Waals surface area contributed by atoms with E-state index in [9.17, 15) is 15.2 Å². The van der Waals surface area contributed by atoms with E-state index in [-0.39, 0.29) is 56.7 Å². The topological polar surface area (TPSA) is 137 Å². The van der Waals surface area contributed by atoms with Crippen LogP contribution in [-0.4, -0.2) is 75.0 Å². The van der Waals surface area contributed by atoms with Crippen molar-refractivity contribution in [2.24, 2.45) is 0 Å². The van der Waals surface area contributed by atoms with Crippen molar-refractivity contribution < 1.29 is 28.2 Å². The van der Waals surface area contributed by atoms with Gasteiger partial charge < -0.3 is 19.5 Å². The number of piperidine rings is 1. The molecule has 3 aromatic heterocycles. The van der Waals surface area contributed by atoms with Gasteiger partial charge in [0.15, 0.2) is 11.6 Å². The van der Waals surface area contributed by atoms with E-state index >= 15 is 8.78 Å². The minimum atomic E-state index is -0.810. The highest BCUT2D eigenvalue weighted by atomic mass is 32.1. The van der Waals surface area contributed by atoms with Crippen molar-refractivity contribution in [1.82, 2.24) is 19.9 Å². The molecule has 2 unspecified atom stereocenters. The number of fused-ring (bicyclic) bond motifs is 4. The number of amides is 1. The van der Waals surface area contributed by atoms with E-state index in [4.69, 9.17) is 9.47 Å². The van der Waals surface area contributed by atoms with Gasteiger partial charge in [-0.3, -0.25) is 15.2 Å². The molecule has 6 heterocycles. The van der Waals surface area contributed by atoms with Crippen molar-refractivity contribution in [3.05, 3.63) is 40.7 Å². The number of pyridine rings is 1. The summed E-state index contributed by atoms with van der Waals surface area (Å²) in [6.45, 7) is 8.05. The van der Waals surface area contributed by atoms with E-state index in [0.29, 0.717) is 35.6 Å². The van der Waals surface area contributed by atoms with Gasteiger partial charge in [0.25, 0.3) is 0 Å². The van der Waals surface area contributed by atoms with Gasteiger partial charge in [-0.05, 0) is 57.8 Å². The summed E-state index contributed by atoms with van der Waals surface area (Å²) in [6, 6.07) is 1.99. The first-order valence-electron chi connectivity index (χ1n) is 15.3. The van der Waals surface area contributed by atoms with Crippen LogP contribution in [0.5, 0.6) is 0 Å². The molecular weight excluding hydrogens is 616 g/mol. The Labute approximate surface area is 267 Å². The Hall–Kier alpha value is -4.03. The second kappa shape index (κ2) is 11.6. The number of benzene rings is 1. The van der Waals surface area contributed by atoms with Gasteiger partial charge in [0, 0.05) is 35.6 Å². The summed E-state index contributed by atoms with van der Waals surface area (Å²) in [4.78, 5) is 30.3. The molecule has 0 spiro atoms. The number of nitrogens with one attached hydrogen (secondary N) is 1. The lowest BCUT2D eigenvalue weighted by atomic mass is 9.94. The summed E-state index contributed by atoms with van der Waals surface area (Å²) in [5.74, 6) is -1.12. The van der Waals surface area contributed by atoms with Crippen LogP contribution in [0.4, 0.5) is 24.5 Å². The number of nitrogens with zero attached hydrogens (tertiary/aromatic N) is 6. The van der Waals surface area contributed by atoms with E-state index < -0.39 is 29.4 Å². The SMILES string of the molecule is CC(C)(C)OC(=O)Nc1sc2c(F)cnc(-c3c4c(c5cnc(N6CC(O)C(N7CCCCC7)C6)nc5c3F)COC4)c2c1C#N. The molecule has 11 nitrogen and oxygen atoms in total. The Morgan fingerprint density at radius 1 is 1.15 bits per heavy atom. The number of aromatic nitrogens is 3. The van der Waals surface area contributed by atoms with Gasteiger partial charge in [-0.1, -0.05) is 6.42 Å². The average molecular weight is 650 g/mol. The fraction of sp³-hybridized carbons (Fsp3) is 0.469. The number of halogens is 2. The lowest BCUT2D eigenvalue weighted by Crippen LogP contribution is -2.45. The standard InChI is InChI=1S/C32H33F2N7O4S/c1-32(2,3)45-31(43)39-29-16(9-35)24-27(36-11-20(33)28(24)46-29)23-19-15-44-14-18(19)17-10-37-30(38-26(17)25(23)34)41-12-21(22(42)13-41)40-7-5-4-6-8-40/h10-11,21-22,42H,4-8,12-15H2,1-3H3,(H,39,43). The van der Waals surface area contributed by atoms with Gasteiger partial charge in [0.1, 0.15) is 22.2 Å². The van der Waals surface area contributed by atoms with E-state index in [2.05, 4.69) is 25.2 Å². The molecule has 0 bridgehead atoms. The third-order valence-corrected chi connectivity index (χ3v) is 9.83. The normalized spacial score (nSPS) is 20.3. The number of thiophene rings is 1. The van der Waals surface area contributed by atoms with Crippen LogP contribution >= 0.6 is 11.3 Å². The molecule has 14 heteroatoms. The largest absolute Gasteiger partial charge is 0.444 e. The highest BCUT2D eigenvalue weighted by Crippen LogP contribution is 2.46. The number of β-amino-alcohol motifs (C(OH)–C–C–N with tert-alkyl or cyclic N) is 1. The molecule has 0 aliphatic carbocycles. The van der Waals surface area contributed by atoms with Crippen LogP contribution < -0.4 is 10.2 Å². The van der Waals surface area contributed by atoms with Gasteiger partial charge in [0.05, 0.1) is 47.5 Å². The average Bonchev–Trinajstić information content (AvgIpc) is 3.75. The van der Waals surface area contributed by atoms with Crippen LogP contribution in [-0.2, 0) is 22.7 Å². The zero-order valence-corrected chi connectivity index (χ0v) is 26.5. The summed E-state index contributed by atoms with van der Waals surface area (Å²) in [5.41, 5.74) is 0.484. The Balaban J connectivity index is 1.34. The number of aliphatic hydroxyl groups excluding tert-OH is 1. The minimum Gasteiger partial charge on any atom is -0.444 e. The van der Waals surface area contributed by atoms with Crippen molar-refractivity contribution in [1.29, 1.82) is 5.26 Å². The lowest BCUT2D eigenvalue weighted by molar-refractivity contribution is 0.0636. The number of carbonyl (C=O) groups excluding carboxylic acids is 1. The number of anilines is 2. The molecule has 7 rings (SSSR count). The molecule has 1 aromatic carbocycles. The molecule has 2 saturated heterocycles. The van der Waals surface area contributed by atoms with Crippen molar-refractivity contribution in [2.45, 2.75) is 71.0 Å². The number of rotatable bonds is 4. The van der Waals surface area contributed by atoms with Gasteiger partial charge in [-0.2, -0.15) is 5.26 Å². The number of ether oxygens (including phenoxy) is 2. The van der Waals surface area contributed by atoms with Gasteiger partial charge in [0.2, 0.25) is 5.95 Å². The van der Waals surface area contributed by atoms with Crippen LogP contribution in [0.3, 0.4) is 0 Å². The molecule has 3 aliphatic rings. The molecule has 46 heavy (non-hydrogen) atoms. The highest BCUT2D eigenvalue weighted by molar-refractivity contribution is 7.23. The molecule has 2 atom stereocenters. The molecule has 2 fully saturated rings. The molecule has 240 valence electrons. The molecule has 0 saturated carbocycles. The number of carbonyl (C=O) groups is 1. The van der Waals surface area contributed by atoms with Crippen molar-refractivity contribution >= 4 is 49.4 Å². The van der Waals surface area contributed by atoms with Gasteiger partial charge in [-0.25, -0.2) is 23.5 Å². The van der Waals surface area contributed by atoms with Crippen molar-refractivity contribution in [3.63, 3.8) is 0 Å². The Morgan fingerprint density at radius 2 is 1.91 bits per heavy atom. The summed E-state index contributed by atoms with van der Waals surface area (Å²) in [7, 11) is 0. The first kappa shape index (κ1) is 30.6. The van der Waals surface area contributed by atoms with Crippen LogP contribution in [0.15, 0.2) is 12.4 Å². The molecule has 3 aliphatic heterocycles. The number of hydrogen-bond acceptors (Lipinski definition) is 11. The van der Waals surface area contributed by atoms with Crippen LogP contribution in [0, 0.1) is 23.0 Å². The zero-order chi connectivity index (χ0) is 32.3.